The lowest BCUT2D eigenvalue weighted by molar-refractivity contribution is -0.117. The Bertz CT molecular complexity index is 853. The smallest absolute Gasteiger partial charge is 0.224 e. The Hall–Kier alpha value is -2.54. The first-order valence-electron chi connectivity index (χ1n) is 8.18. The number of ketones is 1. The Morgan fingerprint density at radius 2 is 2.16 bits per heavy atom. The molecule has 0 spiro atoms. The molecule has 0 bridgehead atoms. The van der Waals surface area contributed by atoms with Crippen LogP contribution in [0.5, 0.6) is 0 Å². The van der Waals surface area contributed by atoms with Crippen LogP contribution in [0.1, 0.15) is 51.4 Å². The second-order valence-corrected chi connectivity index (χ2v) is 7.05. The number of amides is 1. The summed E-state index contributed by atoms with van der Waals surface area (Å²) in [4.78, 5) is 32.9. The highest BCUT2D eigenvalue weighted by Crippen LogP contribution is 2.33. The summed E-state index contributed by atoms with van der Waals surface area (Å²) in [6.45, 7) is 2.08. The number of aliphatic hydroxyl groups is 1. The molecule has 1 aliphatic carbocycles. The van der Waals surface area contributed by atoms with E-state index in [1.54, 1.807) is 12.3 Å². The average Bonchev–Trinajstić information content (AvgIpc) is 2.98. The van der Waals surface area contributed by atoms with Gasteiger partial charge in [-0.1, -0.05) is 13.3 Å². The first kappa shape index (κ1) is 17.3. The number of hydrogen-bond donors (Lipinski definition) is 2. The number of carbonyl (C=O) groups excluding carboxylic acids is 2. The molecule has 0 saturated carbocycles. The third-order valence-corrected chi connectivity index (χ3v) is 5.15. The molecule has 0 unspecified atom stereocenters. The van der Waals surface area contributed by atoms with Gasteiger partial charge in [-0.05, 0) is 31.4 Å². The molecule has 2 aromatic heterocycles. The number of aromatic nitrogens is 2. The molecule has 25 heavy (non-hydrogen) atoms. The van der Waals surface area contributed by atoms with Crippen LogP contribution >= 0.6 is 11.3 Å². The van der Waals surface area contributed by atoms with Gasteiger partial charge in [-0.25, -0.2) is 4.98 Å². The van der Waals surface area contributed by atoms with Crippen molar-refractivity contribution in [1.29, 1.82) is 0 Å². The number of primary amides is 1. The summed E-state index contributed by atoms with van der Waals surface area (Å²) in [7, 11) is 0. The van der Waals surface area contributed by atoms with E-state index in [4.69, 9.17) is 5.73 Å². The van der Waals surface area contributed by atoms with Crippen molar-refractivity contribution in [3.8, 4) is 0 Å². The Morgan fingerprint density at radius 3 is 2.80 bits per heavy atom. The van der Waals surface area contributed by atoms with Gasteiger partial charge in [0.2, 0.25) is 11.7 Å². The predicted octanol–water partition coefficient (Wildman–Crippen LogP) is 2.62. The second kappa shape index (κ2) is 7.14. The SMILES string of the molecule is CCCc1ccc(/C(O)=C2\CCc3nc(CC(N)=O)sc3C2=O)cn1. The first-order valence-corrected chi connectivity index (χ1v) is 9.00. The lowest BCUT2D eigenvalue weighted by atomic mass is 9.93. The fourth-order valence-corrected chi connectivity index (χ4v) is 3.92. The number of nitrogens with zero attached hydrogens (tertiary/aromatic N) is 2. The van der Waals surface area contributed by atoms with Crippen molar-refractivity contribution in [3.05, 3.63) is 50.7 Å². The zero-order valence-corrected chi connectivity index (χ0v) is 14.7. The fraction of sp³-hybridized carbons (Fsp3) is 0.333. The highest BCUT2D eigenvalue weighted by molar-refractivity contribution is 7.14. The second-order valence-electron chi connectivity index (χ2n) is 5.97. The van der Waals surface area contributed by atoms with E-state index in [-0.39, 0.29) is 18.0 Å². The maximum atomic E-state index is 12.7. The summed E-state index contributed by atoms with van der Waals surface area (Å²) in [6, 6.07) is 3.65. The van der Waals surface area contributed by atoms with Gasteiger partial charge in [-0.2, -0.15) is 0 Å². The molecule has 6 nitrogen and oxygen atoms in total. The lowest BCUT2D eigenvalue weighted by Gasteiger charge is -2.14. The van der Waals surface area contributed by atoms with Crippen LogP contribution in [-0.2, 0) is 24.1 Å². The van der Waals surface area contributed by atoms with Crippen LogP contribution in [-0.4, -0.2) is 26.8 Å². The van der Waals surface area contributed by atoms with Gasteiger partial charge in [0.05, 0.1) is 17.0 Å². The number of nitrogens with two attached hydrogens (primary N) is 1. The van der Waals surface area contributed by atoms with Crippen LogP contribution in [0.2, 0.25) is 0 Å². The summed E-state index contributed by atoms with van der Waals surface area (Å²) in [5, 5.41) is 11.1. The molecule has 130 valence electrons. The quantitative estimate of drug-likeness (QED) is 0.632. The van der Waals surface area contributed by atoms with Crippen molar-refractivity contribution in [2.75, 3.05) is 0 Å². The number of carbonyl (C=O) groups is 2. The third kappa shape index (κ3) is 3.61. The molecule has 0 aromatic carbocycles. The van der Waals surface area contributed by atoms with Crippen LogP contribution < -0.4 is 5.73 Å². The standard InChI is InChI=1S/C18H19N3O3S/c1-2-3-11-5-4-10(9-20-11)16(23)12-6-7-13-18(17(12)24)25-15(21-13)8-14(19)22/h4-5,9,23H,2-3,6-8H2,1H3,(H2,19,22)/b16-12-. The number of Topliss-reactive ketones (excluding diaryl/α,β-unsaturated/α-hetero) is 1. The number of allylic oxidation sites excluding steroid dienone is 1. The van der Waals surface area contributed by atoms with Crippen LogP contribution in [0, 0.1) is 0 Å². The Morgan fingerprint density at radius 1 is 1.36 bits per heavy atom. The van der Waals surface area contributed by atoms with E-state index >= 15 is 0 Å². The lowest BCUT2D eigenvalue weighted by Crippen LogP contribution is -2.14. The molecule has 0 radical (unpaired) electrons. The zero-order valence-electron chi connectivity index (χ0n) is 13.9. The van der Waals surface area contributed by atoms with Gasteiger partial charge in [0.15, 0.2) is 0 Å². The molecule has 0 saturated heterocycles. The number of fused-ring (bicyclic) bond motifs is 1. The van der Waals surface area contributed by atoms with Crippen LogP contribution in [0.15, 0.2) is 23.9 Å². The van der Waals surface area contributed by atoms with Gasteiger partial charge in [0.1, 0.15) is 10.8 Å². The molecular weight excluding hydrogens is 338 g/mol. The monoisotopic (exact) mass is 357 g/mol. The maximum absolute atomic E-state index is 12.7. The van der Waals surface area contributed by atoms with E-state index in [1.165, 1.54) is 11.3 Å². The van der Waals surface area contributed by atoms with E-state index in [9.17, 15) is 14.7 Å². The zero-order chi connectivity index (χ0) is 18.0. The summed E-state index contributed by atoms with van der Waals surface area (Å²) >= 11 is 1.17. The van der Waals surface area contributed by atoms with E-state index in [2.05, 4.69) is 16.9 Å². The number of aryl methyl sites for hydroxylation is 2. The normalized spacial score (nSPS) is 15.8. The molecular formula is C18H19N3O3S. The maximum Gasteiger partial charge on any atom is 0.224 e. The first-order chi connectivity index (χ1) is 12.0. The summed E-state index contributed by atoms with van der Waals surface area (Å²) in [6.07, 6.45) is 4.47. The van der Waals surface area contributed by atoms with Crippen molar-refractivity contribution >= 4 is 28.8 Å². The molecule has 3 rings (SSSR count). The molecule has 0 fully saturated rings. The van der Waals surface area contributed by atoms with Crippen LogP contribution in [0.25, 0.3) is 5.76 Å². The summed E-state index contributed by atoms with van der Waals surface area (Å²) < 4.78 is 0. The average molecular weight is 357 g/mol. The number of rotatable bonds is 5. The van der Waals surface area contributed by atoms with E-state index in [1.807, 2.05) is 6.07 Å². The number of thiazole rings is 1. The fourth-order valence-electron chi connectivity index (χ4n) is 2.84. The van der Waals surface area contributed by atoms with Crippen LogP contribution in [0.4, 0.5) is 0 Å². The molecule has 0 aliphatic heterocycles. The highest BCUT2D eigenvalue weighted by atomic mass is 32.1. The molecule has 1 aliphatic rings. The number of pyridine rings is 1. The van der Waals surface area contributed by atoms with E-state index in [0.717, 1.165) is 18.5 Å². The van der Waals surface area contributed by atoms with Crippen molar-refractivity contribution in [1.82, 2.24) is 9.97 Å². The van der Waals surface area contributed by atoms with Gasteiger partial charge in [0, 0.05) is 23.0 Å². The van der Waals surface area contributed by atoms with Gasteiger partial charge < -0.3 is 10.8 Å². The predicted molar refractivity (Wildman–Crippen MR) is 95.4 cm³/mol. The summed E-state index contributed by atoms with van der Waals surface area (Å²) in [5.41, 5.74) is 7.73. The van der Waals surface area contributed by atoms with Gasteiger partial charge in [-0.15, -0.1) is 11.3 Å². The Kier molecular flexibility index (Phi) is 4.94. The molecule has 7 heteroatoms. The van der Waals surface area contributed by atoms with Crippen molar-refractivity contribution in [2.24, 2.45) is 5.73 Å². The Labute approximate surface area is 149 Å². The molecule has 0 atom stereocenters. The van der Waals surface area contributed by atoms with Gasteiger partial charge >= 0.3 is 0 Å². The minimum atomic E-state index is -0.476. The number of aliphatic hydroxyl groups excluding tert-OH is 1. The largest absolute Gasteiger partial charge is 0.507 e. The third-order valence-electron chi connectivity index (χ3n) is 4.05. The van der Waals surface area contributed by atoms with Gasteiger partial charge in [0.25, 0.3) is 0 Å². The topological polar surface area (TPSA) is 106 Å². The van der Waals surface area contributed by atoms with E-state index < -0.39 is 5.91 Å². The Balaban J connectivity index is 1.90. The molecule has 1 amide bonds. The van der Waals surface area contributed by atoms with E-state index in [0.29, 0.717) is 39.6 Å². The van der Waals surface area contributed by atoms with Crippen molar-refractivity contribution in [3.63, 3.8) is 0 Å². The summed E-state index contributed by atoms with van der Waals surface area (Å²) in [5.74, 6) is -0.740. The molecule has 2 heterocycles. The molecule has 2 aromatic rings. The number of hydrogen-bond acceptors (Lipinski definition) is 6. The van der Waals surface area contributed by atoms with Gasteiger partial charge in [-0.3, -0.25) is 14.6 Å². The minimum absolute atomic E-state index is 0.0266. The minimum Gasteiger partial charge on any atom is -0.507 e. The molecule has 3 N–H and O–H groups in total. The van der Waals surface area contributed by atoms with Crippen LogP contribution in [0.3, 0.4) is 0 Å². The van der Waals surface area contributed by atoms with Crippen molar-refractivity contribution < 1.29 is 14.7 Å². The highest BCUT2D eigenvalue weighted by Gasteiger charge is 2.29. The van der Waals surface area contributed by atoms with Crippen molar-refractivity contribution in [2.45, 2.75) is 39.0 Å².